The van der Waals surface area contributed by atoms with Crippen LogP contribution in [0.25, 0.3) is 10.9 Å². The van der Waals surface area contributed by atoms with E-state index < -0.39 is 11.4 Å². The topological polar surface area (TPSA) is 77.2 Å². The molecule has 1 aliphatic heterocycles. The lowest BCUT2D eigenvalue weighted by Gasteiger charge is -2.25. The third kappa shape index (κ3) is 2.19. The summed E-state index contributed by atoms with van der Waals surface area (Å²) < 4.78 is 14.0. The van der Waals surface area contributed by atoms with E-state index in [9.17, 15) is 19.6 Å². The Morgan fingerprint density at radius 1 is 1.52 bits per heavy atom. The number of carbonyl (C=O) groups is 1. The van der Waals surface area contributed by atoms with Gasteiger partial charge < -0.3 is 10.0 Å². The molecule has 2 heterocycles. The maximum atomic E-state index is 14.0. The van der Waals surface area contributed by atoms with E-state index >= 15 is 0 Å². The third-order valence-electron chi connectivity index (χ3n) is 5.83. The SMILES string of the molecule is Cc1cc(F)cc2c(N3C[C@@H]4CCC[C@@]4(C(=O)O)C3)c(C#N)cnc12. The molecule has 0 spiro atoms. The Balaban J connectivity index is 1.90. The van der Waals surface area contributed by atoms with Crippen LogP contribution in [-0.2, 0) is 4.79 Å². The smallest absolute Gasteiger partial charge is 0.311 e. The molecule has 4 rings (SSSR count). The quantitative estimate of drug-likeness (QED) is 0.909. The Morgan fingerprint density at radius 2 is 2.32 bits per heavy atom. The first-order valence-electron chi connectivity index (χ1n) is 8.43. The molecule has 1 aromatic heterocycles. The fraction of sp³-hybridized carbons (Fsp3) is 0.421. The van der Waals surface area contributed by atoms with Gasteiger partial charge in [-0.1, -0.05) is 6.42 Å². The van der Waals surface area contributed by atoms with E-state index in [-0.39, 0.29) is 11.7 Å². The van der Waals surface area contributed by atoms with Gasteiger partial charge in [0.15, 0.2) is 0 Å². The van der Waals surface area contributed by atoms with Crippen LogP contribution in [0.3, 0.4) is 0 Å². The van der Waals surface area contributed by atoms with Gasteiger partial charge in [0.1, 0.15) is 11.9 Å². The molecule has 0 bridgehead atoms. The van der Waals surface area contributed by atoms with Gasteiger partial charge in [-0.3, -0.25) is 9.78 Å². The maximum Gasteiger partial charge on any atom is 0.311 e. The maximum absolute atomic E-state index is 14.0. The molecule has 0 amide bonds. The lowest BCUT2D eigenvalue weighted by molar-refractivity contribution is -0.149. The summed E-state index contributed by atoms with van der Waals surface area (Å²) in [6.45, 7) is 2.72. The number of pyridine rings is 1. The second-order valence-electron chi connectivity index (χ2n) is 7.18. The summed E-state index contributed by atoms with van der Waals surface area (Å²) in [5.74, 6) is -1.08. The van der Waals surface area contributed by atoms with Crippen molar-refractivity contribution in [3.8, 4) is 6.07 Å². The second-order valence-corrected chi connectivity index (χ2v) is 7.18. The van der Waals surface area contributed by atoms with Gasteiger partial charge in [0, 0.05) is 24.7 Å². The van der Waals surface area contributed by atoms with Crippen LogP contribution in [0.1, 0.15) is 30.4 Å². The van der Waals surface area contributed by atoms with Crippen molar-refractivity contribution in [1.82, 2.24) is 4.98 Å². The molecule has 25 heavy (non-hydrogen) atoms. The van der Waals surface area contributed by atoms with E-state index in [1.807, 2.05) is 4.90 Å². The molecular formula is C19H18FN3O2. The summed E-state index contributed by atoms with van der Waals surface area (Å²) in [7, 11) is 0. The van der Waals surface area contributed by atoms with Gasteiger partial charge in [0.05, 0.1) is 22.2 Å². The van der Waals surface area contributed by atoms with Gasteiger partial charge in [-0.2, -0.15) is 5.26 Å². The summed E-state index contributed by atoms with van der Waals surface area (Å²) in [5, 5.41) is 19.9. The molecule has 2 atom stereocenters. The number of aryl methyl sites for hydroxylation is 1. The number of carboxylic acid groups (broad SMARTS) is 1. The highest BCUT2D eigenvalue weighted by Crippen LogP contribution is 2.51. The van der Waals surface area contributed by atoms with Crippen molar-refractivity contribution in [2.24, 2.45) is 11.3 Å². The van der Waals surface area contributed by atoms with Crippen molar-refractivity contribution >= 4 is 22.6 Å². The molecule has 0 unspecified atom stereocenters. The normalized spacial score (nSPS) is 25.2. The van der Waals surface area contributed by atoms with Crippen molar-refractivity contribution in [1.29, 1.82) is 5.26 Å². The van der Waals surface area contributed by atoms with E-state index in [1.54, 1.807) is 6.92 Å². The average molecular weight is 339 g/mol. The van der Waals surface area contributed by atoms with E-state index in [0.717, 1.165) is 12.8 Å². The number of benzene rings is 1. The monoisotopic (exact) mass is 339 g/mol. The standard InChI is InChI=1S/C19H18FN3O2/c1-11-5-14(20)6-15-16(11)22-8-12(7-21)17(15)23-9-13-3-2-4-19(13,10-23)18(24)25/h5-6,8,13H,2-4,9-10H2,1H3,(H,24,25)/t13-,19+/m0/s1. The number of fused-ring (bicyclic) bond motifs is 2. The summed E-state index contributed by atoms with van der Waals surface area (Å²) >= 11 is 0. The fourth-order valence-electron chi connectivity index (χ4n) is 4.65. The number of rotatable bonds is 2. The Morgan fingerprint density at radius 3 is 3.00 bits per heavy atom. The average Bonchev–Trinajstić information content (AvgIpc) is 3.11. The zero-order chi connectivity index (χ0) is 17.8. The van der Waals surface area contributed by atoms with E-state index in [2.05, 4.69) is 11.1 Å². The van der Waals surface area contributed by atoms with Gasteiger partial charge >= 0.3 is 5.97 Å². The molecule has 128 valence electrons. The fourth-order valence-corrected chi connectivity index (χ4v) is 4.65. The first-order valence-corrected chi connectivity index (χ1v) is 8.43. The molecule has 2 fully saturated rings. The summed E-state index contributed by atoms with van der Waals surface area (Å²) in [5.41, 5.74) is 1.57. The second kappa shape index (κ2) is 5.41. The van der Waals surface area contributed by atoms with Gasteiger partial charge in [-0.15, -0.1) is 0 Å². The van der Waals surface area contributed by atoms with E-state index in [0.29, 0.717) is 47.2 Å². The molecule has 2 aromatic rings. The molecule has 6 heteroatoms. The van der Waals surface area contributed by atoms with Crippen molar-refractivity contribution in [2.45, 2.75) is 26.2 Å². The zero-order valence-electron chi connectivity index (χ0n) is 13.9. The summed E-state index contributed by atoms with van der Waals surface area (Å²) in [4.78, 5) is 18.2. The number of hydrogen-bond donors (Lipinski definition) is 1. The summed E-state index contributed by atoms with van der Waals surface area (Å²) in [6, 6.07) is 4.95. The molecule has 1 aromatic carbocycles. The van der Waals surface area contributed by atoms with Gasteiger partial charge in [-0.05, 0) is 43.4 Å². The Kier molecular flexibility index (Phi) is 3.43. The van der Waals surface area contributed by atoms with Crippen molar-refractivity contribution in [3.05, 3.63) is 35.3 Å². The molecule has 1 saturated carbocycles. The molecule has 2 aliphatic rings. The third-order valence-corrected chi connectivity index (χ3v) is 5.83. The minimum Gasteiger partial charge on any atom is -0.481 e. The van der Waals surface area contributed by atoms with E-state index in [1.165, 1.54) is 18.3 Å². The Bertz CT molecular complexity index is 936. The van der Waals surface area contributed by atoms with Crippen LogP contribution in [0.2, 0.25) is 0 Å². The molecule has 1 N–H and O–H groups in total. The number of anilines is 1. The number of carboxylic acids is 1. The minimum absolute atomic E-state index is 0.0643. The van der Waals surface area contributed by atoms with E-state index in [4.69, 9.17) is 0 Å². The van der Waals surface area contributed by atoms with Gasteiger partial charge in [-0.25, -0.2) is 4.39 Å². The largest absolute Gasteiger partial charge is 0.481 e. The highest BCUT2D eigenvalue weighted by Gasteiger charge is 2.55. The molecule has 0 radical (unpaired) electrons. The van der Waals surface area contributed by atoms with Crippen molar-refractivity contribution in [3.63, 3.8) is 0 Å². The van der Waals surface area contributed by atoms with Crippen LogP contribution in [0.4, 0.5) is 10.1 Å². The molecule has 1 aliphatic carbocycles. The van der Waals surface area contributed by atoms with Crippen LogP contribution in [0.5, 0.6) is 0 Å². The Hall–Kier alpha value is -2.68. The lowest BCUT2D eigenvalue weighted by atomic mass is 9.81. The molecular weight excluding hydrogens is 321 g/mol. The first kappa shape index (κ1) is 15.8. The predicted octanol–water partition coefficient (Wildman–Crippen LogP) is 3.25. The van der Waals surface area contributed by atoms with Crippen LogP contribution >= 0.6 is 0 Å². The van der Waals surface area contributed by atoms with Crippen molar-refractivity contribution in [2.75, 3.05) is 18.0 Å². The highest BCUT2D eigenvalue weighted by molar-refractivity contribution is 5.96. The molecule has 5 nitrogen and oxygen atoms in total. The number of nitriles is 1. The zero-order valence-corrected chi connectivity index (χ0v) is 13.9. The molecule has 1 saturated heterocycles. The van der Waals surface area contributed by atoms with Crippen molar-refractivity contribution < 1.29 is 14.3 Å². The number of hydrogen-bond acceptors (Lipinski definition) is 4. The number of aliphatic carboxylic acids is 1. The highest BCUT2D eigenvalue weighted by atomic mass is 19.1. The lowest BCUT2D eigenvalue weighted by Crippen LogP contribution is -2.35. The van der Waals surface area contributed by atoms with Crippen LogP contribution in [0, 0.1) is 35.4 Å². The van der Waals surface area contributed by atoms with Gasteiger partial charge in [0.2, 0.25) is 0 Å². The first-order chi connectivity index (χ1) is 12.0. The minimum atomic E-state index is -0.767. The Labute approximate surface area is 144 Å². The number of nitrogens with zero attached hydrogens (tertiary/aromatic N) is 3. The van der Waals surface area contributed by atoms with Crippen LogP contribution in [0.15, 0.2) is 18.3 Å². The number of halogens is 1. The predicted molar refractivity (Wildman–Crippen MR) is 90.8 cm³/mol. The van der Waals surface area contributed by atoms with Gasteiger partial charge in [0.25, 0.3) is 0 Å². The number of aromatic nitrogens is 1. The van der Waals surface area contributed by atoms with Crippen LogP contribution < -0.4 is 4.90 Å². The summed E-state index contributed by atoms with van der Waals surface area (Å²) in [6.07, 6.45) is 3.95. The van der Waals surface area contributed by atoms with Crippen LogP contribution in [-0.4, -0.2) is 29.1 Å².